The van der Waals surface area contributed by atoms with Crippen LogP contribution >= 0.6 is 11.5 Å². The van der Waals surface area contributed by atoms with Crippen molar-refractivity contribution in [2.24, 2.45) is 0 Å². The Balaban J connectivity index is 2.01. The van der Waals surface area contributed by atoms with Crippen LogP contribution in [-0.4, -0.2) is 25.9 Å². The number of aromatic nitrogens is 2. The molecular weight excluding hydrogens is 294 g/mol. The third kappa shape index (κ3) is 3.54. The van der Waals surface area contributed by atoms with Gasteiger partial charge in [0.05, 0.1) is 5.69 Å². The van der Waals surface area contributed by atoms with E-state index < -0.39 is 5.97 Å². The van der Waals surface area contributed by atoms with Gasteiger partial charge in [-0.25, -0.2) is 4.79 Å². The Kier molecular flexibility index (Phi) is 4.49. The Bertz CT molecular complexity index is 735. The molecule has 110 valence electrons. The maximum Gasteiger partial charge on any atom is 0.340 e. The smallest absolute Gasteiger partial charge is 0.340 e. The van der Waals surface area contributed by atoms with Gasteiger partial charge in [0, 0.05) is 25.2 Å². The molecule has 8 heteroatoms. The highest BCUT2D eigenvalue weighted by atomic mass is 32.1. The summed E-state index contributed by atoms with van der Waals surface area (Å²) in [7, 11) is 0. The summed E-state index contributed by atoms with van der Waals surface area (Å²) in [6, 6.07) is 4.74. The van der Waals surface area contributed by atoms with Gasteiger partial charge in [0.1, 0.15) is 10.6 Å². The Hall–Kier alpha value is -2.48. The lowest BCUT2D eigenvalue weighted by atomic mass is 10.2. The number of aryl methyl sites for hydroxylation is 2. The number of carbonyl (C=O) groups is 2. The highest BCUT2D eigenvalue weighted by Crippen LogP contribution is 2.24. The summed E-state index contributed by atoms with van der Waals surface area (Å²) in [6.07, 6.45) is 1.66. The van der Waals surface area contributed by atoms with Gasteiger partial charge < -0.3 is 15.0 Å². The van der Waals surface area contributed by atoms with Gasteiger partial charge in [0.25, 0.3) is 5.56 Å². The van der Waals surface area contributed by atoms with Crippen LogP contribution in [0.3, 0.4) is 0 Å². The zero-order chi connectivity index (χ0) is 15.4. The first kappa shape index (κ1) is 14.9. The topological polar surface area (TPSA) is 101 Å². The fourth-order valence-electron chi connectivity index (χ4n) is 1.76. The second-order valence-corrected chi connectivity index (χ2v) is 5.08. The van der Waals surface area contributed by atoms with Crippen molar-refractivity contribution >= 4 is 28.4 Å². The molecule has 0 unspecified atom stereocenters. The fraction of sp³-hybridized carbons (Fsp3) is 0.231. The summed E-state index contributed by atoms with van der Waals surface area (Å²) in [4.78, 5) is 34.4. The number of carbonyl (C=O) groups excluding carboxylic acids is 1. The number of carboxylic acid groups (broad SMARTS) is 1. The molecule has 21 heavy (non-hydrogen) atoms. The molecule has 2 aromatic heterocycles. The van der Waals surface area contributed by atoms with Gasteiger partial charge in [-0.05, 0) is 24.5 Å². The van der Waals surface area contributed by atoms with Crippen molar-refractivity contribution in [1.29, 1.82) is 0 Å². The number of nitrogens with zero attached hydrogens (tertiary/aromatic N) is 2. The van der Waals surface area contributed by atoms with Crippen LogP contribution < -0.4 is 10.9 Å². The van der Waals surface area contributed by atoms with Gasteiger partial charge in [-0.15, -0.1) is 0 Å². The molecule has 0 aliphatic carbocycles. The quantitative estimate of drug-likeness (QED) is 0.868. The number of pyridine rings is 1. The van der Waals surface area contributed by atoms with Crippen molar-refractivity contribution < 1.29 is 14.7 Å². The molecule has 2 heterocycles. The summed E-state index contributed by atoms with van der Waals surface area (Å²) in [5, 5.41) is 11.8. The zero-order valence-corrected chi connectivity index (χ0v) is 12.0. The minimum absolute atomic E-state index is 0.00484. The van der Waals surface area contributed by atoms with Crippen LogP contribution in [0.5, 0.6) is 0 Å². The Labute approximate surface area is 124 Å². The number of rotatable bonds is 5. The number of amides is 1. The average molecular weight is 307 g/mol. The molecule has 0 fully saturated rings. The Morgan fingerprint density at radius 1 is 1.43 bits per heavy atom. The normalized spacial score (nSPS) is 10.3. The molecule has 0 aromatic carbocycles. The van der Waals surface area contributed by atoms with Gasteiger partial charge in [-0.1, -0.05) is 6.07 Å². The lowest BCUT2D eigenvalue weighted by Crippen LogP contribution is -2.22. The van der Waals surface area contributed by atoms with E-state index >= 15 is 0 Å². The maximum atomic E-state index is 11.8. The predicted molar refractivity (Wildman–Crippen MR) is 77.8 cm³/mol. The molecule has 0 saturated heterocycles. The van der Waals surface area contributed by atoms with Crippen LogP contribution in [0.1, 0.15) is 22.5 Å². The van der Waals surface area contributed by atoms with Crippen LogP contribution in [0.2, 0.25) is 0 Å². The third-order valence-corrected chi connectivity index (χ3v) is 3.66. The van der Waals surface area contributed by atoms with Gasteiger partial charge in [0.2, 0.25) is 5.91 Å². The van der Waals surface area contributed by atoms with E-state index in [0.29, 0.717) is 5.69 Å². The van der Waals surface area contributed by atoms with E-state index in [1.54, 1.807) is 25.3 Å². The first-order chi connectivity index (χ1) is 9.99. The molecule has 0 aliphatic rings. The van der Waals surface area contributed by atoms with Crippen molar-refractivity contribution in [3.05, 3.63) is 46.0 Å². The molecule has 0 aliphatic heterocycles. The number of nitrogens with one attached hydrogen (secondary N) is 1. The van der Waals surface area contributed by atoms with E-state index in [0.717, 1.165) is 11.5 Å². The summed E-state index contributed by atoms with van der Waals surface area (Å²) in [5.41, 5.74) is 0.178. The Morgan fingerprint density at radius 3 is 2.86 bits per heavy atom. The third-order valence-electron chi connectivity index (χ3n) is 2.81. The highest BCUT2D eigenvalue weighted by molar-refractivity contribution is 7.11. The van der Waals surface area contributed by atoms with Crippen LogP contribution in [0, 0.1) is 6.92 Å². The van der Waals surface area contributed by atoms with E-state index in [1.165, 1.54) is 10.6 Å². The molecule has 0 atom stereocenters. The molecule has 0 spiro atoms. The fourth-order valence-corrected chi connectivity index (χ4v) is 2.57. The number of anilines is 1. The van der Waals surface area contributed by atoms with Gasteiger partial charge >= 0.3 is 5.97 Å². The molecular formula is C13H13N3O4S. The summed E-state index contributed by atoms with van der Waals surface area (Å²) < 4.78 is 5.33. The number of aromatic carboxylic acids is 1. The number of hydrogen-bond acceptors (Lipinski definition) is 5. The zero-order valence-electron chi connectivity index (χ0n) is 11.2. The minimum atomic E-state index is -1.13. The van der Waals surface area contributed by atoms with Crippen LogP contribution in [0.4, 0.5) is 5.00 Å². The van der Waals surface area contributed by atoms with Crippen LogP contribution in [0.25, 0.3) is 0 Å². The molecule has 2 aromatic rings. The standard InChI is InChI=1S/C13H13N3O4S/c1-8-11(13(19)20)12(21-15-8)14-9(17)5-7-16-6-3-2-4-10(16)18/h2-4,6H,5,7H2,1H3,(H,14,17)(H,19,20). The summed E-state index contributed by atoms with van der Waals surface area (Å²) >= 11 is 0.926. The van der Waals surface area contributed by atoms with Crippen molar-refractivity contribution in [3.8, 4) is 0 Å². The van der Waals surface area contributed by atoms with Gasteiger partial charge in [-0.2, -0.15) is 4.37 Å². The predicted octanol–water partition coefficient (Wildman–Crippen LogP) is 1.34. The molecule has 0 saturated carbocycles. The number of hydrogen-bond donors (Lipinski definition) is 2. The van der Waals surface area contributed by atoms with Crippen molar-refractivity contribution in [1.82, 2.24) is 8.94 Å². The van der Waals surface area contributed by atoms with Crippen molar-refractivity contribution in [2.75, 3.05) is 5.32 Å². The largest absolute Gasteiger partial charge is 0.478 e. The van der Waals surface area contributed by atoms with Crippen LogP contribution in [0.15, 0.2) is 29.2 Å². The van der Waals surface area contributed by atoms with Crippen molar-refractivity contribution in [2.45, 2.75) is 19.9 Å². The molecule has 2 rings (SSSR count). The molecule has 7 nitrogen and oxygen atoms in total. The summed E-state index contributed by atoms with van der Waals surface area (Å²) in [5.74, 6) is -1.49. The van der Waals surface area contributed by atoms with E-state index in [2.05, 4.69) is 9.69 Å². The summed E-state index contributed by atoms with van der Waals surface area (Å²) in [6.45, 7) is 1.80. The first-order valence-corrected chi connectivity index (χ1v) is 6.91. The molecule has 0 bridgehead atoms. The maximum absolute atomic E-state index is 11.8. The lowest BCUT2D eigenvalue weighted by molar-refractivity contribution is -0.116. The monoisotopic (exact) mass is 307 g/mol. The molecule has 0 radical (unpaired) electrons. The second-order valence-electron chi connectivity index (χ2n) is 4.31. The van der Waals surface area contributed by atoms with Crippen LogP contribution in [-0.2, 0) is 11.3 Å². The second kappa shape index (κ2) is 6.31. The van der Waals surface area contributed by atoms with E-state index in [9.17, 15) is 14.4 Å². The molecule has 2 N–H and O–H groups in total. The molecule has 1 amide bonds. The first-order valence-electron chi connectivity index (χ1n) is 6.14. The minimum Gasteiger partial charge on any atom is -0.478 e. The van der Waals surface area contributed by atoms with Gasteiger partial charge in [0.15, 0.2) is 0 Å². The van der Waals surface area contributed by atoms with E-state index in [-0.39, 0.29) is 35.0 Å². The number of carboxylic acids is 1. The van der Waals surface area contributed by atoms with E-state index in [1.807, 2.05) is 0 Å². The van der Waals surface area contributed by atoms with E-state index in [4.69, 9.17) is 5.11 Å². The SMILES string of the molecule is Cc1nsc(NC(=O)CCn2ccccc2=O)c1C(=O)O. The lowest BCUT2D eigenvalue weighted by Gasteiger charge is -2.06. The Morgan fingerprint density at radius 2 is 2.19 bits per heavy atom. The average Bonchev–Trinajstić information content (AvgIpc) is 2.79. The van der Waals surface area contributed by atoms with Crippen molar-refractivity contribution in [3.63, 3.8) is 0 Å². The highest BCUT2D eigenvalue weighted by Gasteiger charge is 2.19. The van der Waals surface area contributed by atoms with Gasteiger partial charge in [-0.3, -0.25) is 9.59 Å².